The smallest absolute Gasteiger partial charge is 0.269 e. The van der Waals surface area contributed by atoms with Gasteiger partial charge in [0.15, 0.2) is 11.5 Å². The van der Waals surface area contributed by atoms with Crippen molar-refractivity contribution in [1.82, 2.24) is 25.0 Å². The van der Waals surface area contributed by atoms with E-state index in [-0.39, 0.29) is 17.7 Å². The van der Waals surface area contributed by atoms with Gasteiger partial charge in [0, 0.05) is 44.2 Å². The quantitative estimate of drug-likeness (QED) is 0.335. The van der Waals surface area contributed by atoms with Crippen LogP contribution in [0, 0.1) is 12.3 Å². The number of carbonyl (C=O) groups is 3. The molecule has 1 aromatic carbocycles. The van der Waals surface area contributed by atoms with Crippen molar-refractivity contribution in [2.24, 2.45) is 5.73 Å². The van der Waals surface area contributed by atoms with Gasteiger partial charge in [-0.2, -0.15) is 5.10 Å². The third kappa shape index (κ3) is 7.15. The first-order valence-corrected chi connectivity index (χ1v) is 10.5. The molecule has 4 N–H and O–H groups in total. The molecule has 2 aromatic heterocycles. The molecule has 0 spiro atoms. The summed E-state index contributed by atoms with van der Waals surface area (Å²) < 4.78 is 1.53. The lowest BCUT2D eigenvalue weighted by Gasteiger charge is -2.10. The molecule has 10 heteroatoms. The molecule has 3 rings (SSSR count). The van der Waals surface area contributed by atoms with Gasteiger partial charge in [-0.3, -0.25) is 14.4 Å². The van der Waals surface area contributed by atoms with Crippen molar-refractivity contribution in [3.05, 3.63) is 53.3 Å². The van der Waals surface area contributed by atoms with Crippen LogP contribution in [0.3, 0.4) is 0 Å². The minimum Gasteiger partial charge on any atom is -0.393 e. The largest absolute Gasteiger partial charge is 0.393 e. The number of terminal acetylenes is 1. The molecule has 0 aliphatic rings. The Morgan fingerprint density at radius 2 is 2.09 bits per heavy atom. The number of primary amides is 1. The van der Waals surface area contributed by atoms with Gasteiger partial charge in [-0.25, -0.2) is 9.67 Å². The molecule has 3 amide bonds. The lowest BCUT2D eigenvalue weighted by molar-refractivity contribution is -0.119. The molecule has 0 radical (unpaired) electrons. The summed E-state index contributed by atoms with van der Waals surface area (Å²) in [5, 5.41) is 16.3. The number of aliphatic hydroxyl groups excluding tert-OH is 1. The molecule has 1 unspecified atom stereocenters. The molecule has 0 aliphatic carbocycles. The number of benzene rings is 1. The molecule has 0 bridgehead atoms. The predicted octanol–water partition coefficient (Wildman–Crippen LogP) is 0.982. The van der Waals surface area contributed by atoms with E-state index in [4.69, 9.17) is 17.3 Å². The first-order chi connectivity index (χ1) is 16.2. The summed E-state index contributed by atoms with van der Waals surface area (Å²) in [4.78, 5) is 38.6. The number of pyridine rings is 1. The van der Waals surface area contributed by atoms with E-state index in [1.54, 1.807) is 44.4 Å². The van der Waals surface area contributed by atoms with Crippen LogP contribution in [0.25, 0.3) is 16.7 Å². The fourth-order valence-electron chi connectivity index (χ4n) is 2.93. The molecule has 2 heterocycles. The molecule has 0 saturated heterocycles. The molecular formula is C24H28N6O4. The van der Waals surface area contributed by atoms with Gasteiger partial charge in [-0.1, -0.05) is 12.0 Å². The Kier molecular flexibility index (Phi) is 9.28. The van der Waals surface area contributed by atoms with Crippen LogP contribution >= 0.6 is 0 Å². The van der Waals surface area contributed by atoms with Crippen molar-refractivity contribution < 1.29 is 19.5 Å². The number of carbonyl (C=O) groups excluding carboxylic acids is 3. The fourth-order valence-corrected chi connectivity index (χ4v) is 2.93. The predicted molar refractivity (Wildman–Crippen MR) is 128 cm³/mol. The summed E-state index contributed by atoms with van der Waals surface area (Å²) in [5.74, 6) is 2.24. The zero-order valence-electron chi connectivity index (χ0n) is 19.4. The molecule has 34 heavy (non-hydrogen) atoms. The Balaban J connectivity index is 0.000000387. The van der Waals surface area contributed by atoms with Gasteiger partial charge in [0.05, 0.1) is 11.6 Å². The third-order valence-corrected chi connectivity index (χ3v) is 4.73. The number of nitrogens with one attached hydrogen (secondary N) is 1. The van der Waals surface area contributed by atoms with E-state index in [0.29, 0.717) is 41.8 Å². The Morgan fingerprint density at radius 3 is 2.68 bits per heavy atom. The van der Waals surface area contributed by atoms with Crippen molar-refractivity contribution in [2.45, 2.75) is 32.9 Å². The van der Waals surface area contributed by atoms with E-state index < -0.39 is 5.91 Å². The lowest BCUT2D eigenvalue weighted by atomic mass is 10.1. The SMILES string of the molecule is C#Cc1ccnc(-n2nc(C(N)=O)c3cc(CNC(C)=O)ccc32)c1.CC(O)CCN(C)C=O. The van der Waals surface area contributed by atoms with Gasteiger partial charge in [-0.05, 0) is 43.2 Å². The van der Waals surface area contributed by atoms with Crippen molar-refractivity contribution in [3.8, 4) is 18.2 Å². The molecule has 10 nitrogen and oxygen atoms in total. The Labute approximate surface area is 197 Å². The van der Waals surface area contributed by atoms with Crippen LogP contribution in [0.15, 0.2) is 36.5 Å². The lowest BCUT2D eigenvalue weighted by Crippen LogP contribution is -2.20. The topological polar surface area (TPSA) is 143 Å². The summed E-state index contributed by atoms with van der Waals surface area (Å²) in [5.41, 5.74) is 7.74. The molecule has 178 valence electrons. The zero-order chi connectivity index (χ0) is 25.3. The van der Waals surface area contributed by atoms with Gasteiger partial charge in [0.2, 0.25) is 12.3 Å². The van der Waals surface area contributed by atoms with E-state index in [1.807, 2.05) is 6.07 Å². The average Bonchev–Trinajstić information content (AvgIpc) is 3.20. The second kappa shape index (κ2) is 12.1. The second-order valence-electron chi connectivity index (χ2n) is 7.66. The van der Waals surface area contributed by atoms with Gasteiger partial charge in [0.25, 0.3) is 5.91 Å². The van der Waals surface area contributed by atoms with Gasteiger partial charge in [0.1, 0.15) is 0 Å². The summed E-state index contributed by atoms with van der Waals surface area (Å²) in [6.07, 6.45) is 8.09. The number of amides is 3. The Bertz CT molecular complexity index is 1210. The van der Waals surface area contributed by atoms with E-state index in [0.717, 1.165) is 12.0 Å². The summed E-state index contributed by atoms with van der Waals surface area (Å²) in [6.45, 7) is 4.12. The van der Waals surface area contributed by atoms with Crippen LogP contribution in [0.4, 0.5) is 0 Å². The van der Waals surface area contributed by atoms with Crippen LogP contribution in [0.2, 0.25) is 0 Å². The van der Waals surface area contributed by atoms with Gasteiger partial charge >= 0.3 is 0 Å². The fraction of sp³-hybridized carbons (Fsp3) is 0.292. The average molecular weight is 465 g/mol. The van der Waals surface area contributed by atoms with Crippen LogP contribution in [-0.2, 0) is 16.1 Å². The van der Waals surface area contributed by atoms with Crippen LogP contribution in [-0.4, -0.2) is 62.7 Å². The maximum absolute atomic E-state index is 11.8. The highest BCUT2D eigenvalue weighted by atomic mass is 16.3. The summed E-state index contributed by atoms with van der Waals surface area (Å²) in [7, 11) is 1.69. The Hall–Kier alpha value is -4.23. The summed E-state index contributed by atoms with van der Waals surface area (Å²) >= 11 is 0. The zero-order valence-corrected chi connectivity index (χ0v) is 19.4. The van der Waals surface area contributed by atoms with Crippen LogP contribution in [0.1, 0.15) is 41.9 Å². The monoisotopic (exact) mass is 464 g/mol. The first kappa shape index (κ1) is 26.0. The van der Waals surface area contributed by atoms with Gasteiger partial charge < -0.3 is 21.1 Å². The number of nitrogens with zero attached hydrogens (tertiary/aromatic N) is 4. The number of hydrogen-bond donors (Lipinski definition) is 3. The number of hydrogen-bond acceptors (Lipinski definition) is 6. The number of rotatable bonds is 8. The van der Waals surface area contributed by atoms with E-state index in [2.05, 4.69) is 21.3 Å². The van der Waals surface area contributed by atoms with E-state index in [9.17, 15) is 14.4 Å². The molecule has 0 fully saturated rings. The second-order valence-corrected chi connectivity index (χ2v) is 7.66. The maximum Gasteiger partial charge on any atom is 0.269 e. The third-order valence-electron chi connectivity index (χ3n) is 4.73. The van der Waals surface area contributed by atoms with E-state index in [1.165, 1.54) is 16.5 Å². The molecule has 0 saturated carbocycles. The number of nitrogens with two attached hydrogens (primary N) is 1. The van der Waals surface area contributed by atoms with Crippen molar-refractivity contribution in [3.63, 3.8) is 0 Å². The maximum atomic E-state index is 11.8. The highest BCUT2D eigenvalue weighted by molar-refractivity contribution is 6.04. The van der Waals surface area contributed by atoms with Gasteiger partial charge in [-0.15, -0.1) is 6.42 Å². The number of fused-ring (bicyclic) bond motifs is 1. The molecule has 1 atom stereocenters. The summed E-state index contributed by atoms with van der Waals surface area (Å²) in [6, 6.07) is 8.82. The van der Waals surface area contributed by atoms with Crippen LogP contribution in [0.5, 0.6) is 0 Å². The number of aliphatic hydroxyl groups is 1. The number of aromatic nitrogens is 3. The van der Waals surface area contributed by atoms with Crippen molar-refractivity contribution in [2.75, 3.05) is 13.6 Å². The standard InChI is InChI=1S/C18H15N5O2.C6H13NO2/c1-3-12-6-7-20-16(9-12)23-15-5-4-13(10-21-11(2)24)8-14(15)17(22-23)18(19)25;1-6(9)3-4-7(2)5-8/h1,4-9H,10H2,2H3,(H2,19,25)(H,21,24);5-6,9H,3-4H2,1-2H3. The molecule has 3 aromatic rings. The van der Waals surface area contributed by atoms with Crippen molar-refractivity contribution in [1.29, 1.82) is 0 Å². The molecule has 0 aliphatic heterocycles. The highest BCUT2D eigenvalue weighted by Gasteiger charge is 2.17. The first-order valence-electron chi connectivity index (χ1n) is 10.5. The minimum absolute atomic E-state index is 0.132. The Morgan fingerprint density at radius 1 is 1.35 bits per heavy atom. The van der Waals surface area contributed by atoms with Crippen molar-refractivity contribution >= 4 is 29.1 Å². The van der Waals surface area contributed by atoms with E-state index >= 15 is 0 Å². The van der Waals surface area contributed by atoms with Crippen LogP contribution < -0.4 is 11.1 Å². The normalized spacial score (nSPS) is 11.0. The minimum atomic E-state index is -0.645. The molecular weight excluding hydrogens is 436 g/mol. The highest BCUT2D eigenvalue weighted by Crippen LogP contribution is 2.23.